The van der Waals surface area contributed by atoms with Gasteiger partial charge in [0.25, 0.3) is 0 Å². The molecule has 1 heterocycles. The van der Waals surface area contributed by atoms with E-state index in [4.69, 9.17) is 10.2 Å². The van der Waals surface area contributed by atoms with Gasteiger partial charge in [0.1, 0.15) is 0 Å². The molecule has 0 aliphatic rings. The molecule has 0 aliphatic carbocycles. The number of carbonyl (C=O) groups is 1. The monoisotopic (exact) mass is 234 g/mol. The number of aromatic nitrogens is 2. The van der Waals surface area contributed by atoms with Gasteiger partial charge in [-0.3, -0.25) is 0 Å². The van der Waals surface area contributed by atoms with Crippen molar-refractivity contribution in [2.24, 2.45) is 0 Å². The van der Waals surface area contributed by atoms with Gasteiger partial charge in [-0.2, -0.15) is 0 Å². The highest BCUT2D eigenvalue weighted by molar-refractivity contribution is 5.92. The normalized spacial score (nSPS) is 10.9. The van der Waals surface area contributed by atoms with Crippen molar-refractivity contribution >= 4 is 17.0 Å². The molecule has 0 unspecified atom stereocenters. The third-order valence-corrected chi connectivity index (χ3v) is 2.68. The van der Waals surface area contributed by atoms with Crippen molar-refractivity contribution in [3.8, 4) is 0 Å². The molecule has 90 valence electrons. The van der Waals surface area contributed by atoms with Gasteiger partial charge in [0, 0.05) is 13.2 Å². The number of fused-ring (bicyclic) bond motifs is 1. The van der Waals surface area contributed by atoms with Crippen molar-refractivity contribution in [2.45, 2.75) is 19.4 Å². The van der Waals surface area contributed by atoms with E-state index in [1.165, 1.54) is 0 Å². The third kappa shape index (κ3) is 2.45. The van der Waals surface area contributed by atoms with Crippen LogP contribution in [0.2, 0.25) is 0 Å². The maximum Gasteiger partial charge on any atom is 0.335 e. The Morgan fingerprint density at radius 3 is 2.88 bits per heavy atom. The van der Waals surface area contributed by atoms with Crippen LogP contribution in [0, 0.1) is 0 Å². The minimum absolute atomic E-state index is 0.190. The highest BCUT2D eigenvalue weighted by Crippen LogP contribution is 2.15. The van der Waals surface area contributed by atoms with Crippen LogP contribution in [-0.4, -0.2) is 32.3 Å². The van der Waals surface area contributed by atoms with E-state index in [0.717, 1.165) is 24.9 Å². The molecule has 1 aromatic carbocycles. The molecule has 0 aliphatic heterocycles. The number of benzene rings is 1. The summed E-state index contributed by atoms with van der Waals surface area (Å²) in [5.74, 6) is -0.943. The zero-order chi connectivity index (χ0) is 12.3. The molecule has 0 atom stereocenters. The first-order valence-electron chi connectivity index (χ1n) is 5.51. The Balaban J connectivity index is 2.25. The average molecular weight is 234 g/mol. The lowest BCUT2D eigenvalue weighted by molar-refractivity contribution is 0.0697. The minimum atomic E-state index is -0.943. The van der Waals surface area contributed by atoms with Gasteiger partial charge >= 0.3 is 5.97 Å². The number of nitrogens with zero attached hydrogens (tertiary/aromatic N) is 2. The van der Waals surface area contributed by atoms with Crippen molar-refractivity contribution in [1.82, 2.24) is 9.55 Å². The van der Waals surface area contributed by atoms with E-state index < -0.39 is 5.97 Å². The Morgan fingerprint density at radius 1 is 1.35 bits per heavy atom. The predicted molar refractivity (Wildman–Crippen MR) is 63.0 cm³/mol. The van der Waals surface area contributed by atoms with Gasteiger partial charge in [-0.1, -0.05) is 0 Å². The van der Waals surface area contributed by atoms with Crippen molar-refractivity contribution in [1.29, 1.82) is 0 Å². The number of imidazole rings is 1. The van der Waals surface area contributed by atoms with E-state index in [1.54, 1.807) is 24.5 Å². The van der Waals surface area contributed by atoms with Crippen molar-refractivity contribution in [3.63, 3.8) is 0 Å². The van der Waals surface area contributed by atoms with Crippen LogP contribution >= 0.6 is 0 Å². The lowest BCUT2D eigenvalue weighted by atomic mass is 10.2. The van der Waals surface area contributed by atoms with Crippen LogP contribution in [0.15, 0.2) is 24.5 Å². The number of rotatable bonds is 5. The highest BCUT2D eigenvalue weighted by atomic mass is 16.4. The second-order valence-electron chi connectivity index (χ2n) is 3.88. The van der Waals surface area contributed by atoms with Crippen LogP contribution < -0.4 is 0 Å². The lowest BCUT2D eigenvalue weighted by Crippen LogP contribution is -1.98. The molecule has 0 amide bonds. The Bertz CT molecular complexity index is 534. The Morgan fingerprint density at radius 2 is 2.18 bits per heavy atom. The fourth-order valence-corrected chi connectivity index (χ4v) is 1.77. The molecule has 1 aromatic heterocycles. The van der Waals surface area contributed by atoms with Crippen molar-refractivity contribution in [3.05, 3.63) is 30.1 Å². The first-order chi connectivity index (χ1) is 8.22. The number of hydrogen-bond donors (Lipinski definition) is 2. The largest absolute Gasteiger partial charge is 0.478 e. The summed E-state index contributed by atoms with van der Waals surface area (Å²) in [6.07, 6.45) is 3.34. The zero-order valence-corrected chi connectivity index (χ0v) is 9.33. The molecular formula is C12H14N2O3. The molecule has 2 rings (SSSR count). The summed E-state index contributed by atoms with van der Waals surface area (Å²) >= 11 is 0. The molecule has 0 saturated heterocycles. The molecule has 5 heteroatoms. The number of aromatic carboxylic acids is 1. The number of unbranched alkanes of at least 4 members (excludes halogenated alkanes) is 1. The number of carboxylic acid groups (broad SMARTS) is 1. The predicted octanol–water partition coefficient (Wildman–Crippen LogP) is 1.51. The summed E-state index contributed by atoms with van der Waals surface area (Å²) < 4.78 is 1.97. The van der Waals surface area contributed by atoms with Gasteiger partial charge in [-0.25, -0.2) is 9.78 Å². The van der Waals surface area contributed by atoms with Crippen LogP contribution in [0.25, 0.3) is 11.0 Å². The van der Waals surface area contributed by atoms with Crippen LogP contribution in [0.5, 0.6) is 0 Å². The first-order valence-corrected chi connectivity index (χ1v) is 5.51. The summed E-state index contributed by atoms with van der Waals surface area (Å²) in [5.41, 5.74) is 1.86. The van der Waals surface area contributed by atoms with E-state index in [9.17, 15) is 4.79 Å². The molecule has 0 radical (unpaired) electrons. The highest BCUT2D eigenvalue weighted by Gasteiger charge is 2.07. The van der Waals surface area contributed by atoms with Crippen LogP contribution in [-0.2, 0) is 6.54 Å². The minimum Gasteiger partial charge on any atom is -0.478 e. The number of aliphatic hydroxyl groups is 1. The Hall–Kier alpha value is -1.88. The quantitative estimate of drug-likeness (QED) is 0.769. The summed E-state index contributed by atoms with van der Waals surface area (Å²) in [7, 11) is 0. The van der Waals surface area contributed by atoms with Crippen molar-refractivity contribution in [2.75, 3.05) is 6.61 Å². The van der Waals surface area contributed by atoms with E-state index in [-0.39, 0.29) is 12.2 Å². The summed E-state index contributed by atoms with van der Waals surface area (Å²) in [6.45, 7) is 0.971. The van der Waals surface area contributed by atoms with Gasteiger partial charge in [0.2, 0.25) is 0 Å². The maximum atomic E-state index is 10.8. The van der Waals surface area contributed by atoms with Crippen LogP contribution in [0.1, 0.15) is 23.2 Å². The number of aliphatic hydroxyl groups excluding tert-OH is 1. The molecule has 5 nitrogen and oxygen atoms in total. The van der Waals surface area contributed by atoms with E-state index in [0.29, 0.717) is 5.52 Å². The summed E-state index contributed by atoms with van der Waals surface area (Å²) in [4.78, 5) is 15.0. The number of aryl methyl sites for hydroxylation is 1. The molecular weight excluding hydrogens is 220 g/mol. The molecule has 0 fully saturated rings. The zero-order valence-electron chi connectivity index (χ0n) is 9.33. The van der Waals surface area contributed by atoms with Crippen LogP contribution in [0.4, 0.5) is 0 Å². The first kappa shape index (κ1) is 11.6. The molecule has 2 aromatic rings. The summed E-state index contributed by atoms with van der Waals surface area (Å²) in [5, 5.41) is 17.6. The number of hydrogen-bond acceptors (Lipinski definition) is 3. The Labute approximate surface area is 98.3 Å². The molecule has 17 heavy (non-hydrogen) atoms. The standard InChI is InChI=1S/C12H14N2O3/c15-6-2-1-5-14-8-13-10-7-9(12(16)17)3-4-11(10)14/h3-4,7-8,15H,1-2,5-6H2,(H,16,17). The summed E-state index contributed by atoms with van der Waals surface area (Å²) in [6, 6.07) is 4.92. The SMILES string of the molecule is O=C(O)c1ccc2c(c1)ncn2CCCCO. The third-order valence-electron chi connectivity index (χ3n) is 2.68. The Kier molecular flexibility index (Phi) is 3.39. The van der Waals surface area contributed by atoms with Gasteiger partial charge in [-0.15, -0.1) is 0 Å². The lowest BCUT2D eigenvalue weighted by Gasteiger charge is -2.03. The molecule has 0 spiro atoms. The average Bonchev–Trinajstić information content (AvgIpc) is 2.72. The topological polar surface area (TPSA) is 75.3 Å². The molecule has 0 saturated carbocycles. The smallest absolute Gasteiger partial charge is 0.335 e. The van der Waals surface area contributed by atoms with E-state index >= 15 is 0 Å². The van der Waals surface area contributed by atoms with Crippen LogP contribution in [0.3, 0.4) is 0 Å². The van der Waals surface area contributed by atoms with E-state index in [2.05, 4.69) is 4.98 Å². The van der Waals surface area contributed by atoms with Gasteiger partial charge < -0.3 is 14.8 Å². The fourth-order valence-electron chi connectivity index (χ4n) is 1.77. The van der Waals surface area contributed by atoms with Gasteiger partial charge in [0.05, 0.1) is 22.9 Å². The van der Waals surface area contributed by atoms with Gasteiger partial charge in [0.15, 0.2) is 0 Å². The second kappa shape index (κ2) is 4.97. The number of carboxylic acids is 1. The van der Waals surface area contributed by atoms with Crippen molar-refractivity contribution < 1.29 is 15.0 Å². The van der Waals surface area contributed by atoms with E-state index in [1.807, 2.05) is 4.57 Å². The fraction of sp³-hybridized carbons (Fsp3) is 0.333. The van der Waals surface area contributed by atoms with Gasteiger partial charge in [-0.05, 0) is 31.0 Å². The molecule has 2 N–H and O–H groups in total. The molecule has 0 bridgehead atoms. The second-order valence-corrected chi connectivity index (χ2v) is 3.88. The maximum absolute atomic E-state index is 10.8.